The van der Waals surface area contributed by atoms with Crippen molar-refractivity contribution in [2.45, 2.75) is 17.7 Å². The van der Waals surface area contributed by atoms with Gasteiger partial charge in [-0.3, -0.25) is 4.79 Å². The number of rotatable bonds is 8. The number of anilines is 2. The Morgan fingerprint density at radius 1 is 0.971 bits per heavy atom. The Labute approximate surface area is 214 Å². The number of thiol groups is 1. The van der Waals surface area contributed by atoms with Crippen molar-refractivity contribution < 1.29 is 14.7 Å². The van der Waals surface area contributed by atoms with Gasteiger partial charge in [0, 0.05) is 43.2 Å². The molecule has 2 atom stereocenters. The highest BCUT2D eigenvalue weighted by atomic mass is 35.5. The molecule has 1 aromatic heterocycles. The van der Waals surface area contributed by atoms with Gasteiger partial charge in [0.1, 0.15) is 17.6 Å². The fourth-order valence-corrected chi connectivity index (χ4v) is 4.62. The van der Waals surface area contributed by atoms with E-state index in [1.807, 2.05) is 53.4 Å². The molecule has 2 N–H and O–H groups in total. The van der Waals surface area contributed by atoms with Crippen LogP contribution in [-0.2, 0) is 11.2 Å². The van der Waals surface area contributed by atoms with Crippen LogP contribution in [-0.4, -0.2) is 64.4 Å². The van der Waals surface area contributed by atoms with E-state index in [1.165, 1.54) is 0 Å². The molecule has 10 heteroatoms. The Morgan fingerprint density at radius 2 is 1.57 bits per heavy atom. The van der Waals surface area contributed by atoms with Crippen LogP contribution in [0.25, 0.3) is 0 Å². The third-order valence-corrected chi connectivity index (χ3v) is 6.52. The van der Waals surface area contributed by atoms with E-state index in [1.54, 1.807) is 6.07 Å². The second kappa shape index (κ2) is 11.4. The monoisotopic (exact) mass is 511 g/mol. The zero-order valence-corrected chi connectivity index (χ0v) is 20.6. The second-order valence-corrected chi connectivity index (χ2v) is 9.24. The minimum absolute atomic E-state index is 0.0111. The van der Waals surface area contributed by atoms with Crippen molar-refractivity contribution >= 4 is 47.6 Å². The number of carbonyl (C=O) groups is 2. The first-order chi connectivity index (χ1) is 16.9. The average molecular weight is 512 g/mol. The first-order valence-electron chi connectivity index (χ1n) is 11.3. The highest BCUT2D eigenvalue weighted by Gasteiger charge is 2.29. The molecule has 3 aromatic rings. The molecule has 35 heavy (non-hydrogen) atoms. The summed E-state index contributed by atoms with van der Waals surface area (Å²) < 4.78 is 0. The number of nitrogens with one attached hydrogen (secondary N) is 1. The van der Waals surface area contributed by atoms with Crippen molar-refractivity contribution in [1.29, 1.82) is 0 Å². The number of hydrogen-bond donors (Lipinski definition) is 3. The van der Waals surface area contributed by atoms with E-state index in [0.717, 1.165) is 24.3 Å². The van der Waals surface area contributed by atoms with E-state index in [4.69, 9.17) is 11.6 Å². The number of carbonyl (C=O) groups excluding carboxylic acids is 1. The number of hydrogen-bond acceptors (Lipinski definition) is 7. The predicted molar refractivity (Wildman–Crippen MR) is 140 cm³/mol. The standard InChI is InChI=1S/C25H26ClN5O3S/c26-25-27-19(23(32)29-22(24(33)34)20(35)15-17-7-3-1-4-8-17)16-21(28-25)31-13-11-30(12-14-31)18-9-5-2-6-10-18/h1-10,16,20,22,35H,11-15H2,(H,29,32)(H,33,34). The minimum atomic E-state index is -1.21. The third-order valence-electron chi connectivity index (χ3n) is 5.87. The Bertz CT molecular complexity index is 1160. The molecule has 182 valence electrons. The molecule has 1 amide bonds. The van der Waals surface area contributed by atoms with E-state index in [-0.39, 0.29) is 11.0 Å². The Balaban J connectivity index is 1.43. The van der Waals surface area contributed by atoms with Gasteiger partial charge >= 0.3 is 5.97 Å². The number of nitrogens with zero attached hydrogens (tertiary/aromatic N) is 4. The van der Waals surface area contributed by atoms with Gasteiger partial charge in [0.05, 0.1) is 0 Å². The van der Waals surface area contributed by atoms with Crippen molar-refractivity contribution in [3.8, 4) is 0 Å². The lowest BCUT2D eigenvalue weighted by atomic mass is 10.0. The van der Waals surface area contributed by atoms with Crippen LogP contribution in [0.2, 0.25) is 5.28 Å². The molecule has 2 heterocycles. The number of halogens is 1. The zero-order valence-electron chi connectivity index (χ0n) is 18.9. The maximum absolute atomic E-state index is 13.0. The first kappa shape index (κ1) is 24.8. The molecule has 4 rings (SSSR count). The van der Waals surface area contributed by atoms with Crippen LogP contribution < -0.4 is 15.1 Å². The number of carboxylic acid groups (broad SMARTS) is 1. The van der Waals surface area contributed by atoms with Gasteiger partial charge in [-0.25, -0.2) is 14.8 Å². The number of amides is 1. The normalized spacial score (nSPS) is 15.4. The van der Waals surface area contributed by atoms with Gasteiger partial charge in [-0.05, 0) is 35.7 Å². The smallest absolute Gasteiger partial charge is 0.327 e. The molecule has 2 unspecified atom stereocenters. The number of aliphatic carboxylic acids is 1. The molecule has 0 saturated carbocycles. The summed E-state index contributed by atoms with van der Waals surface area (Å²) in [5.74, 6) is -1.29. The molecule has 1 aliphatic heterocycles. The van der Waals surface area contributed by atoms with E-state index in [0.29, 0.717) is 25.3 Å². The maximum Gasteiger partial charge on any atom is 0.327 e. The van der Waals surface area contributed by atoms with E-state index < -0.39 is 23.2 Å². The average Bonchev–Trinajstić information content (AvgIpc) is 2.87. The molecule has 1 aliphatic rings. The van der Waals surface area contributed by atoms with Crippen LogP contribution in [0.1, 0.15) is 16.1 Å². The van der Waals surface area contributed by atoms with Gasteiger partial charge in [-0.2, -0.15) is 12.6 Å². The molecule has 0 spiro atoms. The summed E-state index contributed by atoms with van der Waals surface area (Å²) in [6.45, 7) is 2.96. The van der Waals surface area contributed by atoms with Gasteiger partial charge in [0.2, 0.25) is 5.28 Å². The van der Waals surface area contributed by atoms with Gasteiger partial charge in [0.15, 0.2) is 0 Å². The fraction of sp³-hybridized carbons (Fsp3) is 0.280. The van der Waals surface area contributed by atoms with Gasteiger partial charge in [-0.15, -0.1) is 0 Å². The molecule has 0 aliphatic carbocycles. The van der Waals surface area contributed by atoms with Gasteiger partial charge in [0.25, 0.3) is 5.91 Å². The highest BCUT2D eigenvalue weighted by Crippen LogP contribution is 2.21. The Hall–Kier alpha value is -3.30. The largest absolute Gasteiger partial charge is 0.480 e. The van der Waals surface area contributed by atoms with Crippen LogP contribution in [0, 0.1) is 0 Å². The van der Waals surface area contributed by atoms with Crippen LogP contribution >= 0.6 is 24.2 Å². The van der Waals surface area contributed by atoms with Crippen molar-refractivity contribution in [2.75, 3.05) is 36.0 Å². The number of para-hydroxylation sites is 1. The molecule has 1 fully saturated rings. The molecule has 0 radical (unpaired) electrons. The summed E-state index contributed by atoms with van der Waals surface area (Å²) in [5.41, 5.74) is 2.09. The van der Waals surface area contributed by atoms with Crippen molar-refractivity contribution in [3.05, 3.63) is 83.3 Å². The van der Waals surface area contributed by atoms with Crippen molar-refractivity contribution in [3.63, 3.8) is 0 Å². The summed E-state index contributed by atoms with van der Waals surface area (Å²) in [7, 11) is 0. The number of benzene rings is 2. The van der Waals surface area contributed by atoms with Crippen LogP contribution in [0.15, 0.2) is 66.7 Å². The van der Waals surface area contributed by atoms with Crippen LogP contribution in [0.5, 0.6) is 0 Å². The SMILES string of the molecule is O=C(NC(C(=O)O)C(S)Cc1ccccc1)c1cc(N2CCN(c3ccccc3)CC2)nc(Cl)n1. The highest BCUT2D eigenvalue weighted by molar-refractivity contribution is 7.81. The molecule has 8 nitrogen and oxygen atoms in total. The van der Waals surface area contributed by atoms with E-state index in [2.05, 4.69) is 44.9 Å². The lowest BCUT2D eigenvalue weighted by molar-refractivity contribution is -0.139. The summed E-state index contributed by atoms with van der Waals surface area (Å²) in [4.78, 5) is 37.5. The predicted octanol–water partition coefficient (Wildman–Crippen LogP) is 3.18. The van der Waals surface area contributed by atoms with Gasteiger partial charge < -0.3 is 20.2 Å². The molecule has 1 saturated heterocycles. The number of carboxylic acids is 1. The number of aromatic nitrogens is 2. The summed E-state index contributed by atoms with van der Waals surface area (Å²) in [5, 5.41) is 11.6. The van der Waals surface area contributed by atoms with E-state index >= 15 is 0 Å². The molecular weight excluding hydrogens is 486 g/mol. The second-order valence-electron chi connectivity index (χ2n) is 8.24. The first-order valence-corrected chi connectivity index (χ1v) is 12.2. The quantitative estimate of drug-likeness (QED) is 0.315. The zero-order chi connectivity index (χ0) is 24.8. The molecule has 2 aromatic carbocycles. The lowest BCUT2D eigenvalue weighted by Gasteiger charge is -2.36. The molecule has 0 bridgehead atoms. The third kappa shape index (κ3) is 6.43. The van der Waals surface area contributed by atoms with Gasteiger partial charge in [-0.1, -0.05) is 48.5 Å². The summed E-state index contributed by atoms with van der Waals surface area (Å²) in [6, 6.07) is 19.9. The molecular formula is C25H26ClN5O3S. The Morgan fingerprint density at radius 3 is 2.20 bits per heavy atom. The van der Waals surface area contributed by atoms with Crippen LogP contribution in [0.4, 0.5) is 11.5 Å². The van der Waals surface area contributed by atoms with Crippen molar-refractivity contribution in [2.24, 2.45) is 0 Å². The number of piperazine rings is 1. The summed E-state index contributed by atoms with van der Waals surface area (Å²) in [6.07, 6.45) is 0.378. The van der Waals surface area contributed by atoms with Crippen molar-refractivity contribution in [1.82, 2.24) is 15.3 Å². The van der Waals surface area contributed by atoms with Crippen LogP contribution in [0.3, 0.4) is 0 Å². The topological polar surface area (TPSA) is 98.7 Å². The minimum Gasteiger partial charge on any atom is -0.480 e. The summed E-state index contributed by atoms with van der Waals surface area (Å²) >= 11 is 10.6. The Kier molecular flexibility index (Phi) is 8.09. The maximum atomic E-state index is 13.0. The lowest BCUT2D eigenvalue weighted by Crippen LogP contribution is -2.48. The van der Waals surface area contributed by atoms with E-state index in [9.17, 15) is 14.7 Å². The fourth-order valence-electron chi connectivity index (χ4n) is 4.03.